The third-order valence-corrected chi connectivity index (χ3v) is 8.46. The zero-order chi connectivity index (χ0) is 30.4. The van der Waals surface area contributed by atoms with Crippen LogP contribution in [0.15, 0.2) is 70.2 Å². The van der Waals surface area contributed by atoms with Crippen LogP contribution in [0, 0.1) is 16.0 Å². The summed E-state index contributed by atoms with van der Waals surface area (Å²) < 4.78 is 32.7. The Hall–Kier alpha value is -4.43. The van der Waals surface area contributed by atoms with Crippen molar-refractivity contribution in [3.8, 4) is 11.3 Å². The first-order chi connectivity index (χ1) is 20.0. The minimum atomic E-state index is -3.98. The number of nitro groups is 1. The molecule has 2 aromatic heterocycles. The SMILES string of the molecule is CC(C)C[C@H](NC(=O)c1ccc(-c2ccc([N+](=O)[O-])cc2)o1)C(=O)NC1CCCN(S(=O)(=O)c2ccccn2)CC1=O. The maximum Gasteiger partial charge on any atom is 0.287 e. The van der Waals surface area contributed by atoms with Crippen LogP contribution in [0.1, 0.15) is 43.7 Å². The molecule has 3 heterocycles. The minimum absolute atomic E-state index is 0.0113. The Kier molecular flexibility index (Phi) is 9.48. The Bertz CT molecular complexity index is 1550. The predicted molar refractivity (Wildman–Crippen MR) is 151 cm³/mol. The van der Waals surface area contributed by atoms with E-state index in [0.717, 1.165) is 4.31 Å². The number of pyridine rings is 1. The van der Waals surface area contributed by atoms with Crippen molar-refractivity contribution in [2.45, 2.75) is 50.2 Å². The summed E-state index contributed by atoms with van der Waals surface area (Å²) in [4.78, 5) is 53.6. The van der Waals surface area contributed by atoms with E-state index in [-0.39, 0.29) is 41.8 Å². The van der Waals surface area contributed by atoms with Gasteiger partial charge in [0.1, 0.15) is 11.8 Å². The van der Waals surface area contributed by atoms with Crippen LogP contribution in [-0.2, 0) is 19.6 Å². The van der Waals surface area contributed by atoms with E-state index < -0.39 is 51.2 Å². The maximum absolute atomic E-state index is 13.3. The van der Waals surface area contributed by atoms with E-state index in [1.807, 2.05) is 13.8 Å². The number of sulfonamides is 1. The molecule has 0 radical (unpaired) electrons. The number of aromatic nitrogens is 1. The highest BCUT2D eigenvalue weighted by molar-refractivity contribution is 7.89. The topological polar surface area (TPSA) is 182 Å². The van der Waals surface area contributed by atoms with E-state index in [0.29, 0.717) is 17.7 Å². The standard InChI is InChI=1S/C28H31N5O8S/c1-18(2)16-22(31-28(36)25-13-12-24(41-25)19-8-10-20(11-9-19)33(37)38)27(35)30-21-6-5-15-32(17-23(21)34)42(39,40)26-7-3-4-14-29-26/h3-4,7-14,18,21-22H,5-6,15-17H2,1-2H3,(H,30,35)(H,31,36)/t21?,22-/m0/s1. The third-order valence-electron chi connectivity index (χ3n) is 6.70. The van der Waals surface area contributed by atoms with Crippen molar-refractivity contribution in [2.24, 2.45) is 5.92 Å². The van der Waals surface area contributed by atoms with Crippen LogP contribution in [-0.4, -0.2) is 65.4 Å². The van der Waals surface area contributed by atoms with Gasteiger partial charge in [0, 0.05) is 30.4 Å². The molecule has 2 atom stereocenters. The van der Waals surface area contributed by atoms with Gasteiger partial charge in [-0.15, -0.1) is 0 Å². The van der Waals surface area contributed by atoms with Crippen molar-refractivity contribution in [1.29, 1.82) is 0 Å². The van der Waals surface area contributed by atoms with E-state index in [4.69, 9.17) is 4.42 Å². The largest absolute Gasteiger partial charge is 0.451 e. The Labute approximate surface area is 242 Å². The number of carbonyl (C=O) groups is 3. The molecule has 0 spiro atoms. The Morgan fingerprint density at radius 2 is 1.88 bits per heavy atom. The zero-order valence-corrected chi connectivity index (χ0v) is 23.9. The summed E-state index contributed by atoms with van der Waals surface area (Å²) in [6.07, 6.45) is 2.20. The number of ketones is 1. The highest BCUT2D eigenvalue weighted by Gasteiger charge is 2.35. The molecular formula is C28H31N5O8S. The van der Waals surface area contributed by atoms with Crippen LogP contribution in [0.4, 0.5) is 5.69 Å². The summed E-state index contributed by atoms with van der Waals surface area (Å²) in [5, 5.41) is 16.1. The van der Waals surface area contributed by atoms with E-state index in [9.17, 15) is 32.9 Å². The van der Waals surface area contributed by atoms with Gasteiger partial charge in [0.05, 0.1) is 17.5 Å². The van der Waals surface area contributed by atoms with Gasteiger partial charge in [0.25, 0.3) is 21.6 Å². The van der Waals surface area contributed by atoms with Crippen molar-refractivity contribution in [3.05, 3.63) is 76.7 Å². The second-order valence-electron chi connectivity index (χ2n) is 10.3. The van der Waals surface area contributed by atoms with Crippen LogP contribution < -0.4 is 10.6 Å². The number of amides is 2. The van der Waals surface area contributed by atoms with Crippen LogP contribution in [0.5, 0.6) is 0 Å². The Morgan fingerprint density at radius 1 is 1.14 bits per heavy atom. The van der Waals surface area contributed by atoms with Crippen molar-refractivity contribution >= 4 is 33.3 Å². The Balaban J connectivity index is 1.42. The number of rotatable bonds is 10. The van der Waals surface area contributed by atoms with Gasteiger partial charge in [0.2, 0.25) is 5.91 Å². The van der Waals surface area contributed by atoms with E-state index in [2.05, 4.69) is 15.6 Å². The first-order valence-electron chi connectivity index (χ1n) is 13.4. The van der Waals surface area contributed by atoms with Gasteiger partial charge in [-0.25, -0.2) is 13.4 Å². The number of nitro benzene ring substituents is 1. The number of Topliss-reactive ketones (excluding diaryl/α,β-unsaturated/α-hetero) is 1. The number of non-ortho nitro benzene ring substituents is 1. The van der Waals surface area contributed by atoms with E-state index in [1.165, 1.54) is 42.6 Å². The second kappa shape index (κ2) is 13.0. The lowest BCUT2D eigenvalue weighted by molar-refractivity contribution is -0.384. The molecule has 14 heteroatoms. The molecule has 3 aromatic rings. The summed E-state index contributed by atoms with van der Waals surface area (Å²) in [6, 6.07) is 11.2. The van der Waals surface area contributed by atoms with Crippen molar-refractivity contribution in [2.75, 3.05) is 13.1 Å². The zero-order valence-electron chi connectivity index (χ0n) is 23.1. The monoisotopic (exact) mass is 597 g/mol. The molecule has 1 saturated heterocycles. The van der Waals surface area contributed by atoms with Crippen molar-refractivity contribution in [3.63, 3.8) is 0 Å². The average molecular weight is 598 g/mol. The summed E-state index contributed by atoms with van der Waals surface area (Å²) in [6.45, 7) is 3.44. The van der Waals surface area contributed by atoms with Gasteiger partial charge < -0.3 is 15.1 Å². The highest BCUT2D eigenvalue weighted by atomic mass is 32.2. The second-order valence-corrected chi connectivity index (χ2v) is 12.2. The number of carbonyl (C=O) groups excluding carboxylic acids is 3. The predicted octanol–water partition coefficient (Wildman–Crippen LogP) is 2.93. The van der Waals surface area contributed by atoms with Crippen LogP contribution in [0.25, 0.3) is 11.3 Å². The summed E-state index contributed by atoms with van der Waals surface area (Å²) >= 11 is 0. The molecule has 1 aliphatic rings. The van der Waals surface area contributed by atoms with Gasteiger partial charge in [-0.1, -0.05) is 19.9 Å². The molecule has 42 heavy (non-hydrogen) atoms. The summed E-state index contributed by atoms with van der Waals surface area (Å²) in [5.41, 5.74) is 0.447. The molecule has 2 N–H and O–H groups in total. The van der Waals surface area contributed by atoms with Gasteiger partial charge in [0.15, 0.2) is 16.6 Å². The smallest absolute Gasteiger partial charge is 0.287 e. The molecule has 2 amide bonds. The first kappa shape index (κ1) is 30.5. The van der Waals surface area contributed by atoms with Crippen LogP contribution >= 0.6 is 0 Å². The summed E-state index contributed by atoms with van der Waals surface area (Å²) in [7, 11) is -3.98. The van der Waals surface area contributed by atoms with Crippen LogP contribution in [0.3, 0.4) is 0 Å². The molecule has 13 nitrogen and oxygen atoms in total. The lowest BCUT2D eigenvalue weighted by Crippen LogP contribution is -2.52. The highest BCUT2D eigenvalue weighted by Crippen LogP contribution is 2.25. The molecule has 1 fully saturated rings. The Morgan fingerprint density at radius 3 is 2.52 bits per heavy atom. The number of benzene rings is 1. The fourth-order valence-corrected chi connectivity index (χ4v) is 5.93. The molecule has 1 unspecified atom stereocenters. The fourth-order valence-electron chi connectivity index (χ4n) is 4.55. The van der Waals surface area contributed by atoms with Crippen molar-refractivity contribution in [1.82, 2.24) is 19.9 Å². The first-order valence-corrected chi connectivity index (χ1v) is 14.8. The minimum Gasteiger partial charge on any atom is -0.451 e. The molecule has 1 aliphatic heterocycles. The van der Waals surface area contributed by atoms with E-state index in [1.54, 1.807) is 18.2 Å². The quantitative estimate of drug-likeness (QED) is 0.262. The van der Waals surface area contributed by atoms with Crippen molar-refractivity contribution < 1.29 is 32.1 Å². The fraction of sp³-hybridized carbons (Fsp3) is 0.357. The maximum atomic E-state index is 13.3. The molecular weight excluding hydrogens is 566 g/mol. The molecule has 0 saturated carbocycles. The number of nitrogens with one attached hydrogen (secondary N) is 2. The summed E-state index contributed by atoms with van der Waals surface area (Å²) in [5.74, 6) is -1.42. The number of nitrogens with zero attached hydrogens (tertiary/aromatic N) is 3. The third kappa shape index (κ3) is 7.25. The molecule has 0 aliphatic carbocycles. The molecule has 4 rings (SSSR count). The normalized spacial score (nSPS) is 16.9. The number of hydrogen-bond acceptors (Lipinski definition) is 9. The van der Waals surface area contributed by atoms with Crippen LogP contribution in [0.2, 0.25) is 0 Å². The van der Waals surface area contributed by atoms with Gasteiger partial charge in [-0.05, 0) is 61.6 Å². The van der Waals surface area contributed by atoms with Gasteiger partial charge >= 0.3 is 0 Å². The number of hydrogen-bond donors (Lipinski definition) is 2. The molecule has 1 aromatic carbocycles. The van der Waals surface area contributed by atoms with Gasteiger partial charge in [-0.3, -0.25) is 24.5 Å². The van der Waals surface area contributed by atoms with E-state index >= 15 is 0 Å². The lowest BCUT2D eigenvalue weighted by Gasteiger charge is -2.23. The van der Waals surface area contributed by atoms with Gasteiger partial charge in [-0.2, -0.15) is 4.31 Å². The lowest BCUT2D eigenvalue weighted by atomic mass is 10.0. The number of furan rings is 1. The molecule has 222 valence electrons. The molecule has 0 bridgehead atoms. The average Bonchev–Trinajstić information content (AvgIpc) is 3.39.